The molecule has 19 heavy (non-hydrogen) atoms. The van der Waals surface area contributed by atoms with Crippen LogP contribution in [0.25, 0.3) is 10.9 Å². The lowest BCUT2D eigenvalue weighted by Crippen LogP contribution is -2.29. The molecule has 1 heterocycles. The zero-order valence-corrected chi connectivity index (χ0v) is 11.4. The monoisotopic (exact) mass is 278 g/mol. The molecule has 100 valence electrons. The fourth-order valence-electron chi connectivity index (χ4n) is 1.83. The van der Waals surface area contributed by atoms with Gasteiger partial charge in [-0.15, -0.1) is 0 Å². The van der Waals surface area contributed by atoms with Crippen molar-refractivity contribution in [1.29, 1.82) is 0 Å². The van der Waals surface area contributed by atoms with Crippen molar-refractivity contribution < 1.29 is 4.79 Å². The number of rotatable bonds is 4. The van der Waals surface area contributed by atoms with Crippen molar-refractivity contribution >= 4 is 28.4 Å². The van der Waals surface area contributed by atoms with Crippen LogP contribution in [-0.2, 0) is 0 Å². The van der Waals surface area contributed by atoms with Crippen LogP contribution in [0.15, 0.2) is 29.2 Å². The highest BCUT2D eigenvalue weighted by Gasteiger charge is 2.12. The first kappa shape index (κ1) is 13.6. The Bertz CT molecular complexity index is 664. The molecule has 2 rings (SSSR count). The number of pyridine rings is 1. The smallest absolute Gasteiger partial charge is 0.256 e. The van der Waals surface area contributed by atoms with Gasteiger partial charge < -0.3 is 10.3 Å². The number of carbonyl (C=O) groups is 1. The molecule has 0 unspecified atom stereocenters. The number of aromatic amines is 1. The van der Waals surface area contributed by atoms with E-state index in [0.717, 1.165) is 12.8 Å². The van der Waals surface area contributed by atoms with E-state index < -0.39 is 0 Å². The number of H-pyrrole nitrogens is 1. The Labute approximate surface area is 115 Å². The molecule has 0 atom stereocenters. The van der Waals surface area contributed by atoms with Crippen LogP contribution in [0.2, 0.25) is 5.02 Å². The summed E-state index contributed by atoms with van der Waals surface area (Å²) in [6, 6.07) is 4.98. The normalized spacial score (nSPS) is 10.6. The Kier molecular flexibility index (Phi) is 4.22. The minimum atomic E-state index is -0.350. The van der Waals surface area contributed by atoms with Crippen molar-refractivity contribution in [2.45, 2.75) is 19.8 Å². The van der Waals surface area contributed by atoms with E-state index >= 15 is 0 Å². The van der Waals surface area contributed by atoms with Gasteiger partial charge in [0.2, 0.25) is 5.43 Å². The molecular formula is C14H15ClN2O2. The highest BCUT2D eigenvalue weighted by Crippen LogP contribution is 2.14. The van der Waals surface area contributed by atoms with Crippen molar-refractivity contribution in [1.82, 2.24) is 10.3 Å². The average molecular weight is 279 g/mol. The van der Waals surface area contributed by atoms with E-state index in [0.29, 0.717) is 22.5 Å². The van der Waals surface area contributed by atoms with Crippen molar-refractivity contribution in [2.24, 2.45) is 0 Å². The van der Waals surface area contributed by atoms with Crippen molar-refractivity contribution in [3.63, 3.8) is 0 Å². The average Bonchev–Trinajstić information content (AvgIpc) is 2.40. The number of benzene rings is 1. The highest BCUT2D eigenvalue weighted by atomic mass is 35.5. The maximum atomic E-state index is 12.2. The summed E-state index contributed by atoms with van der Waals surface area (Å²) in [5.41, 5.74) is 0.482. The second-order valence-electron chi connectivity index (χ2n) is 4.33. The summed E-state index contributed by atoms with van der Waals surface area (Å²) >= 11 is 5.87. The second kappa shape index (κ2) is 5.89. The molecule has 0 radical (unpaired) electrons. The number of unbranched alkanes of at least 4 members (excludes halogenated alkanes) is 1. The number of halogens is 1. The van der Waals surface area contributed by atoms with Crippen LogP contribution in [0, 0.1) is 0 Å². The Morgan fingerprint density at radius 1 is 1.42 bits per heavy atom. The number of amides is 1. The van der Waals surface area contributed by atoms with Gasteiger partial charge in [0.05, 0.1) is 0 Å². The molecule has 0 aliphatic carbocycles. The lowest BCUT2D eigenvalue weighted by atomic mass is 10.1. The van der Waals surface area contributed by atoms with E-state index in [1.807, 2.05) is 6.92 Å². The molecule has 0 aliphatic rings. The fourth-order valence-corrected chi connectivity index (χ4v) is 2.01. The minimum absolute atomic E-state index is 0.117. The van der Waals surface area contributed by atoms with Crippen molar-refractivity contribution in [3.05, 3.63) is 45.2 Å². The van der Waals surface area contributed by atoms with Crippen LogP contribution in [0.1, 0.15) is 30.1 Å². The molecule has 2 N–H and O–H groups in total. The number of carbonyl (C=O) groups excluding carboxylic acids is 1. The fraction of sp³-hybridized carbons (Fsp3) is 0.286. The van der Waals surface area contributed by atoms with Crippen LogP contribution in [-0.4, -0.2) is 17.4 Å². The number of hydrogen-bond donors (Lipinski definition) is 2. The van der Waals surface area contributed by atoms with Crippen LogP contribution in [0.5, 0.6) is 0 Å². The molecular weight excluding hydrogens is 264 g/mol. The van der Waals surface area contributed by atoms with Gasteiger partial charge in [-0.2, -0.15) is 0 Å². The molecule has 4 nitrogen and oxygen atoms in total. The van der Waals surface area contributed by atoms with Gasteiger partial charge in [0.15, 0.2) is 0 Å². The molecule has 5 heteroatoms. The number of aromatic nitrogens is 1. The zero-order chi connectivity index (χ0) is 13.8. The Hall–Kier alpha value is -1.81. The van der Waals surface area contributed by atoms with Gasteiger partial charge in [-0.1, -0.05) is 24.9 Å². The van der Waals surface area contributed by atoms with Gasteiger partial charge in [-0.3, -0.25) is 9.59 Å². The molecule has 1 aromatic heterocycles. The summed E-state index contributed by atoms with van der Waals surface area (Å²) in [6.07, 6.45) is 3.33. The molecule has 0 aliphatic heterocycles. The lowest BCUT2D eigenvalue weighted by Gasteiger charge is -2.05. The Balaban J connectivity index is 2.37. The Morgan fingerprint density at radius 3 is 2.95 bits per heavy atom. The van der Waals surface area contributed by atoms with E-state index in [1.54, 1.807) is 18.2 Å². The standard InChI is InChI=1S/C14H15ClN2O2/c1-2-3-6-16-14(19)11-8-17-12-5-4-9(15)7-10(12)13(11)18/h4-5,7-8H,2-3,6H2,1H3,(H,16,19)(H,17,18). The molecule has 1 aromatic carbocycles. The summed E-state index contributed by atoms with van der Waals surface area (Å²) in [7, 11) is 0. The van der Waals surface area contributed by atoms with E-state index in [1.165, 1.54) is 6.20 Å². The molecule has 2 aromatic rings. The van der Waals surface area contributed by atoms with Crippen LogP contribution in [0.3, 0.4) is 0 Å². The van der Waals surface area contributed by atoms with Crippen LogP contribution < -0.4 is 10.7 Å². The predicted octanol–water partition coefficient (Wildman–Crippen LogP) is 2.71. The Morgan fingerprint density at radius 2 is 2.21 bits per heavy atom. The summed E-state index contributed by atoms with van der Waals surface area (Å²) < 4.78 is 0. The molecule has 0 saturated heterocycles. The quantitative estimate of drug-likeness (QED) is 0.845. The first-order chi connectivity index (χ1) is 9.13. The van der Waals surface area contributed by atoms with Crippen LogP contribution >= 0.6 is 11.6 Å². The first-order valence-corrected chi connectivity index (χ1v) is 6.60. The lowest BCUT2D eigenvalue weighted by molar-refractivity contribution is 0.0952. The maximum absolute atomic E-state index is 12.2. The molecule has 0 fully saturated rings. The zero-order valence-electron chi connectivity index (χ0n) is 10.6. The third-order valence-corrected chi connectivity index (χ3v) is 3.14. The largest absolute Gasteiger partial charge is 0.360 e. The van der Waals surface area contributed by atoms with Gasteiger partial charge in [0.1, 0.15) is 5.56 Å². The predicted molar refractivity (Wildman–Crippen MR) is 76.8 cm³/mol. The van der Waals surface area contributed by atoms with Gasteiger partial charge in [0.25, 0.3) is 5.91 Å². The minimum Gasteiger partial charge on any atom is -0.360 e. The van der Waals surface area contributed by atoms with E-state index in [-0.39, 0.29) is 16.9 Å². The highest BCUT2D eigenvalue weighted by molar-refractivity contribution is 6.31. The second-order valence-corrected chi connectivity index (χ2v) is 4.77. The van der Waals surface area contributed by atoms with Gasteiger partial charge >= 0.3 is 0 Å². The third kappa shape index (κ3) is 2.96. The number of fused-ring (bicyclic) bond motifs is 1. The molecule has 1 amide bonds. The maximum Gasteiger partial charge on any atom is 0.256 e. The van der Waals surface area contributed by atoms with Gasteiger partial charge in [-0.25, -0.2) is 0 Å². The summed E-state index contributed by atoms with van der Waals surface area (Å²) in [4.78, 5) is 27.1. The van der Waals surface area contributed by atoms with E-state index in [2.05, 4.69) is 10.3 Å². The van der Waals surface area contributed by atoms with Crippen LogP contribution in [0.4, 0.5) is 0 Å². The molecule has 0 bridgehead atoms. The summed E-state index contributed by atoms with van der Waals surface area (Å²) in [5, 5.41) is 3.63. The molecule has 0 spiro atoms. The van der Waals surface area contributed by atoms with Crippen molar-refractivity contribution in [3.8, 4) is 0 Å². The SMILES string of the molecule is CCCCNC(=O)c1c[nH]c2ccc(Cl)cc2c1=O. The topological polar surface area (TPSA) is 62.0 Å². The van der Waals surface area contributed by atoms with E-state index in [4.69, 9.17) is 11.6 Å². The third-order valence-electron chi connectivity index (χ3n) is 2.90. The van der Waals surface area contributed by atoms with E-state index in [9.17, 15) is 9.59 Å². The number of nitrogens with one attached hydrogen (secondary N) is 2. The molecule has 0 saturated carbocycles. The van der Waals surface area contributed by atoms with Gasteiger partial charge in [-0.05, 0) is 24.6 Å². The van der Waals surface area contributed by atoms with Gasteiger partial charge in [0, 0.05) is 28.7 Å². The number of hydrogen-bond acceptors (Lipinski definition) is 2. The van der Waals surface area contributed by atoms with Crippen molar-refractivity contribution in [2.75, 3.05) is 6.54 Å². The first-order valence-electron chi connectivity index (χ1n) is 6.22. The summed E-state index contributed by atoms with van der Waals surface area (Å²) in [6.45, 7) is 2.61. The summed E-state index contributed by atoms with van der Waals surface area (Å²) in [5.74, 6) is -0.350.